The summed E-state index contributed by atoms with van der Waals surface area (Å²) in [6.45, 7) is 4.14. The van der Waals surface area contributed by atoms with Gasteiger partial charge in [-0.05, 0) is 36.6 Å². The van der Waals surface area contributed by atoms with E-state index < -0.39 is 0 Å². The number of carbonyl (C=O) groups is 1. The molecule has 0 saturated heterocycles. The molecule has 20 heavy (non-hydrogen) atoms. The van der Waals surface area contributed by atoms with Crippen molar-refractivity contribution in [3.63, 3.8) is 0 Å². The van der Waals surface area contributed by atoms with E-state index in [1.165, 1.54) is 18.2 Å². The van der Waals surface area contributed by atoms with Crippen LogP contribution in [0.15, 0.2) is 30.3 Å². The van der Waals surface area contributed by atoms with Crippen LogP contribution in [0.25, 0.3) is 6.08 Å². The number of amides is 1. The summed E-state index contributed by atoms with van der Waals surface area (Å²) < 4.78 is 18.3. The number of unbranched alkanes of at least 4 members (excludes halogenated alkanes) is 1. The summed E-state index contributed by atoms with van der Waals surface area (Å²) in [6, 6.07) is 6.11. The first-order valence-electron chi connectivity index (χ1n) is 7.01. The van der Waals surface area contributed by atoms with Gasteiger partial charge >= 0.3 is 0 Å². The number of carbonyl (C=O) groups excluding carboxylic acids is 1. The molecule has 110 valence electrons. The maximum atomic E-state index is 12.9. The molecule has 1 rings (SSSR count). The monoisotopic (exact) mass is 279 g/mol. The first kappa shape index (κ1) is 16.4. The van der Waals surface area contributed by atoms with E-state index in [0.29, 0.717) is 18.7 Å². The van der Waals surface area contributed by atoms with Crippen molar-refractivity contribution in [2.45, 2.75) is 26.2 Å². The number of hydrogen-bond acceptors (Lipinski definition) is 2. The van der Waals surface area contributed by atoms with Crippen molar-refractivity contribution in [3.8, 4) is 0 Å². The maximum Gasteiger partial charge on any atom is 0.244 e. The van der Waals surface area contributed by atoms with Crippen molar-refractivity contribution >= 4 is 12.0 Å². The molecule has 0 aliphatic carbocycles. The second kappa shape index (κ2) is 10.1. The fraction of sp³-hybridized carbons (Fsp3) is 0.438. The Morgan fingerprint density at radius 2 is 2.15 bits per heavy atom. The summed E-state index contributed by atoms with van der Waals surface area (Å²) in [7, 11) is 0. The van der Waals surface area contributed by atoms with E-state index in [9.17, 15) is 9.18 Å². The van der Waals surface area contributed by atoms with Crippen molar-refractivity contribution in [3.05, 3.63) is 41.7 Å². The second-order valence-electron chi connectivity index (χ2n) is 4.50. The molecule has 0 bridgehead atoms. The molecule has 0 spiro atoms. The van der Waals surface area contributed by atoms with E-state index in [2.05, 4.69) is 12.2 Å². The minimum absolute atomic E-state index is 0.178. The van der Waals surface area contributed by atoms with Crippen LogP contribution in [0.3, 0.4) is 0 Å². The predicted molar refractivity (Wildman–Crippen MR) is 78.8 cm³/mol. The van der Waals surface area contributed by atoms with Gasteiger partial charge < -0.3 is 10.1 Å². The molecule has 0 fully saturated rings. The van der Waals surface area contributed by atoms with Gasteiger partial charge in [0.15, 0.2) is 0 Å². The van der Waals surface area contributed by atoms with Gasteiger partial charge in [0.2, 0.25) is 5.91 Å². The Balaban J connectivity index is 2.14. The van der Waals surface area contributed by atoms with Crippen LogP contribution in [-0.4, -0.2) is 25.7 Å². The number of benzene rings is 1. The van der Waals surface area contributed by atoms with Crippen LogP contribution in [0.1, 0.15) is 31.7 Å². The Labute approximate surface area is 119 Å². The molecule has 0 unspecified atom stereocenters. The lowest BCUT2D eigenvalue weighted by atomic mass is 10.2. The lowest BCUT2D eigenvalue weighted by Crippen LogP contribution is -2.23. The van der Waals surface area contributed by atoms with Crippen LogP contribution in [0.4, 0.5) is 4.39 Å². The topological polar surface area (TPSA) is 38.3 Å². The van der Waals surface area contributed by atoms with Gasteiger partial charge in [-0.2, -0.15) is 0 Å². The average Bonchev–Trinajstić information content (AvgIpc) is 2.44. The van der Waals surface area contributed by atoms with E-state index in [4.69, 9.17) is 4.74 Å². The highest BCUT2D eigenvalue weighted by Gasteiger charge is 1.96. The van der Waals surface area contributed by atoms with E-state index in [0.717, 1.165) is 25.9 Å². The average molecular weight is 279 g/mol. The number of ether oxygens (including phenoxy) is 1. The molecule has 4 heteroatoms. The fourth-order valence-corrected chi connectivity index (χ4v) is 1.58. The molecule has 0 saturated carbocycles. The third kappa shape index (κ3) is 7.69. The van der Waals surface area contributed by atoms with Crippen molar-refractivity contribution in [2.75, 3.05) is 19.8 Å². The second-order valence-corrected chi connectivity index (χ2v) is 4.50. The van der Waals surface area contributed by atoms with E-state index in [1.54, 1.807) is 18.2 Å². The van der Waals surface area contributed by atoms with E-state index >= 15 is 0 Å². The highest BCUT2D eigenvalue weighted by atomic mass is 19.1. The summed E-state index contributed by atoms with van der Waals surface area (Å²) in [5.41, 5.74) is 0.669. The Kier molecular flexibility index (Phi) is 8.31. The minimum atomic E-state index is -0.309. The lowest BCUT2D eigenvalue weighted by molar-refractivity contribution is -0.116. The summed E-state index contributed by atoms with van der Waals surface area (Å²) in [6.07, 6.45) is 6.00. The molecule has 0 radical (unpaired) electrons. The molecule has 0 heterocycles. The van der Waals surface area contributed by atoms with Crippen LogP contribution >= 0.6 is 0 Å². The molecule has 1 aromatic carbocycles. The van der Waals surface area contributed by atoms with Crippen LogP contribution in [0, 0.1) is 5.82 Å². The van der Waals surface area contributed by atoms with Crippen molar-refractivity contribution < 1.29 is 13.9 Å². The summed E-state index contributed by atoms with van der Waals surface area (Å²) in [5.74, 6) is -0.486. The molecule has 0 aromatic heterocycles. The van der Waals surface area contributed by atoms with Crippen molar-refractivity contribution in [2.24, 2.45) is 0 Å². The summed E-state index contributed by atoms with van der Waals surface area (Å²) >= 11 is 0. The Morgan fingerprint density at radius 1 is 1.35 bits per heavy atom. The quantitative estimate of drug-likeness (QED) is 0.557. The molecule has 0 atom stereocenters. The Morgan fingerprint density at radius 3 is 2.90 bits per heavy atom. The number of halogens is 1. The molecule has 0 aliphatic heterocycles. The SMILES string of the molecule is CCCCOCCCNC(=O)/C=C/c1cccc(F)c1. The molecule has 0 aliphatic rings. The number of hydrogen-bond donors (Lipinski definition) is 1. The van der Waals surface area contributed by atoms with Crippen LogP contribution in [0.2, 0.25) is 0 Å². The molecule has 3 nitrogen and oxygen atoms in total. The third-order valence-corrected chi connectivity index (χ3v) is 2.68. The van der Waals surface area contributed by atoms with Gasteiger partial charge in [0.25, 0.3) is 0 Å². The normalized spacial score (nSPS) is 10.9. The summed E-state index contributed by atoms with van der Waals surface area (Å²) in [5, 5.41) is 2.76. The van der Waals surface area contributed by atoms with Crippen molar-refractivity contribution in [1.82, 2.24) is 5.32 Å². The molecule has 1 N–H and O–H groups in total. The van der Waals surface area contributed by atoms with Gasteiger partial charge in [0, 0.05) is 25.8 Å². The summed E-state index contributed by atoms with van der Waals surface area (Å²) in [4.78, 5) is 11.5. The first-order valence-corrected chi connectivity index (χ1v) is 7.01. The van der Waals surface area contributed by atoms with E-state index in [-0.39, 0.29) is 11.7 Å². The lowest BCUT2D eigenvalue weighted by Gasteiger charge is -2.04. The van der Waals surface area contributed by atoms with Crippen LogP contribution < -0.4 is 5.32 Å². The molecule has 1 aromatic rings. The number of rotatable bonds is 9. The Bertz CT molecular complexity index is 432. The van der Waals surface area contributed by atoms with Gasteiger partial charge in [-0.25, -0.2) is 4.39 Å². The maximum absolute atomic E-state index is 12.9. The van der Waals surface area contributed by atoms with Crippen LogP contribution in [0.5, 0.6) is 0 Å². The largest absolute Gasteiger partial charge is 0.381 e. The van der Waals surface area contributed by atoms with Crippen molar-refractivity contribution in [1.29, 1.82) is 0 Å². The zero-order chi connectivity index (χ0) is 14.6. The van der Waals surface area contributed by atoms with Gasteiger partial charge in [0.05, 0.1) is 0 Å². The molecular weight excluding hydrogens is 257 g/mol. The van der Waals surface area contributed by atoms with Gasteiger partial charge in [-0.3, -0.25) is 4.79 Å². The zero-order valence-electron chi connectivity index (χ0n) is 11.9. The smallest absolute Gasteiger partial charge is 0.244 e. The molecule has 1 amide bonds. The van der Waals surface area contributed by atoms with Crippen LogP contribution in [-0.2, 0) is 9.53 Å². The third-order valence-electron chi connectivity index (χ3n) is 2.68. The zero-order valence-corrected chi connectivity index (χ0v) is 11.9. The van der Waals surface area contributed by atoms with Gasteiger partial charge in [-0.15, -0.1) is 0 Å². The number of nitrogens with one attached hydrogen (secondary N) is 1. The predicted octanol–water partition coefficient (Wildman–Crippen LogP) is 3.16. The molecular formula is C16H22FNO2. The first-order chi connectivity index (χ1) is 9.72. The fourth-order valence-electron chi connectivity index (χ4n) is 1.58. The van der Waals surface area contributed by atoms with Gasteiger partial charge in [-0.1, -0.05) is 25.5 Å². The Hall–Kier alpha value is -1.68. The van der Waals surface area contributed by atoms with E-state index in [1.807, 2.05) is 0 Å². The highest BCUT2D eigenvalue weighted by molar-refractivity contribution is 5.91. The van der Waals surface area contributed by atoms with Gasteiger partial charge in [0.1, 0.15) is 5.82 Å². The highest BCUT2D eigenvalue weighted by Crippen LogP contribution is 2.04. The standard InChI is InChI=1S/C16H22FNO2/c1-2-3-11-20-12-5-10-18-16(19)9-8-14-6-4-7-15(17)13-14/h4,6-9,13H,2-3,5,10-12H2,1H3,(H,18,19)/b9-8+. The minimum Gasteiger partial charge on any atom is -0.381 e.